The lowest BCUT2D eigenvalue weighted by Crippen LogP contribution is -2.14. The molecule has 3 heteroatoms. The highest BCUT2D eigenvalue weighted by Gasteiger charge is 2.16. The second-order valence-corrected chi connectivity index (χ2v) is 5.14. The number of hydrogen-bond donors (Lipinski definition) is 1. The van der Waals surface area contributed by atoms with Crippen LogP contribution in [0.2, 0.25) is 0 Å². The highest BCUT2D eigenvalue weighted by Crippen LogP contribution is 2.32. The largest absolute Gasteiger partial charge is 0.496 e. The summed E-state index contributed by atoms with van der Waals surface area (Å²) in [7, 11) is 1.67. The van der Waals surface area contributed by atoms with Gasteiger partial charge in [-0.15, -0.1) is 0 Å². The molecule has 1 aromatic heterocycles. The van der Waals surface area contributed by atoms with Crippen molar-refractivity contribution in [2.24, 2.45) is 5.73 Å². The first-order valence-corrected chi connectivity index (χ1v) is 6.94. The van der Waals surface area contributed by atoms with Gasteiger partial charge in [-0.1, -0.05) is 35.9 Å². The van der Waals surface area contributed by atoms with Crippen LogP contribution in [-0.2, 0) is 0 Å². The van der Waals surface area contributed by atoms with Crippen LogP contribution in [0.15, 0.2) is 54.7 Å². The Kier molecular flexibility index (Phi) is 3.59. The maximum absolute atomic E-state index is 6.52. The monoisotopic (exact) mass is 278 g/mol. The molecule has 0 aliphatic rings. The van der Waals surface area contributed by atoms with Crippen LogP contribution in [0.4, 0.5) is 0 Å². The Bertz CT molecular complexity index is 778. The molecule has 3 rings (SSSR count). The summed E-state index contributed by atoms with van der Waals surface area (Å²) in [6.07, 6.45) is 1.80. The molecule has 106 valence electrons. The molecule has 0 saturated carbocycles. The molecule has 0 radical (unpaired) electrons. The van der Waals surface area contributed by atoms with Crippen LogP contribution < -0.4 is 10.5 Å². The number of methoxy groups -OCH3 is 1. The summed E-state index contributed by atoms with van der Waals surface area (Å²) in [5.41, 5.74) is 10.7. The Morgan fingerprint density at radius 2 is 1.90 bits per heavy atom. The minimum atomic E-state index is -0.243. The maximum Gasteiger partial charge on any atom is 0.123 e. The van der Waals surface area contributed by atoms with Crippen LogP contribution in [0.1, 0.15) is 22.7 Å². The standard InChI is InChI=1S/C18H18N2O/c1-12-8-9-17(21-2)15(11-12)18(19)14-5-3-7-16-13(14)6-4-10-20-16/h3-11,18H,19H2,1-2H3. The van der Waals surface area contributed by atoms with Crippen molar-refractivity contribution in [3.8, 4) is 5.75 Å². The Labute approximate surface area is 124 Å². The van der Waals surface area contributed by atoms with Crippen molar-refractivity contribution in [2.75, 3.05) is 7.11 Å². The van der Waals surface area contributed by atoms with Crippen LogP contribution in [0.25, 0.3) is 10.9 Å². The number of rotatable bonds is 3. The van der Waals surface area contributed by atoms with Crippen molar-refractivity contribution in [1.29, 1.82) is 0 Å². The molecule has 3 nitrogen and oxygen atoms in total. The maximum atomic E-state index is 6.52. The molecule has 0 bridgehead atoms. The normalized spacial score (nSPS) is 12.3. The number of hydrogen-bond acceptors (Lipinski definition) is 3. The first kappa shape index (κ1) is 13.6. The molecule has 0 amide bonds. The summed E-state index contributed by atoms with van der Waals surface area (Å²) in [6.45, 7) is 2.06. The van der Waals surface area contributed by atoms with Crippen molar-refractivity contribution in [2.45, 2.75) is 13.0 Å². The summed E-state index contributed by atoms with van der Waals surface area (Å²) in [5, 5.41) is 1.08. The van der Waals surface area contributed by atoms with E-state index in [9.17, 15) is 0 Å². The van der Waals surface area contributed by atoms with Gasteiger partial charge in [0.25, 0.3) is 0 Å². The Balaban J connectivity index is 2.17. The van der Waals surface area contributed by atoms with Gasteiger partial charge in [0.15, 0.2) is 0 Å². The van der Waals surface area contributed by atoms with Gasteiger partial charge >= 0.3 is 0 Å². The van der Waals surface area contributed by atoms with Crippen molar-refractivity contribution < 1.29 is 4.74 Å². The van der Waals surface area contributed by atoms with E-state index >= 15 is 0 Å². The Morgan fingerprint density at radius 3 is 2.71 bits per heavy atom. The van der Waals surface area contributed by atoms with E-state index in [0.717, 1.165) is 27.8 Å². The summed E-state index contributed by atoms with van der Waals surface area (Å²) in [4.78, 5) is 4.39. The van der Waals surface area contributed by atoms with Crippen LogP contribution in [0.5, 0.6) is 5.75 Å². The zero-order valence-electron chi connectivity index (χ0n) is 12.2. The highest BCUT2D eigenvalue weighted by atomic mass is 16.5. The lowest BCUT2D eigenvalue weighted by molar-refractivity contribution is 0.408. The van der Waals surface area contributed by atoms with E-state index in [1.54, 1.807) is 13.3 Å². The molecule has 21 heavy (non-hydrogen) atoms. The second-order valence-electron chi connectivity index (χ2n) is 5.14. The lowest BCUT2D eigenvalue weighted by Gasteiger charge is -2.18. The fraction of sp³-hybridized carbons (Fsp3) is 0.167. The average Bonchev–Trinajstić information content (AvgIpc) is 2.53. The summed E-state index contributed by atoms with van der Waals surface area (Å²) in [5.74, 6) is 0.814. The fourth-order valence-corrected chi connectivity index (χ4v) is 2.66. The molecule has 1 atom stereocenters. The van der Waals surface area contributed by atoms with E-state index in [1.807, 2.05) is 30.3 Å². The Morgan fingerprint density at radius 1 is 1.05 bits per heavy atom. The fourth-order valence-electron chi connectivity index (χ4n) is 2.66. The van der Waals surface area contributed by atoms with Gasteiger partial charge in [0, 0.05) is 17.1 Å². The molecule has 2 aromatic carbocycles. The minimum Gasteiger partial charge on any atom is -0.496 e. The number of ether oxygens (including phenoxy) is 1. The first-order valence-electron chi connectivity index (χ1n) is 6.94. The topological polar surface area (TPSA) is 48.1 Å². The van der Waals surface area contributed by atoms with E-state index in [4.69, 9.17) is 10.5 Å². The molecule has 2 N–H and O–H groups in total. The number of benzene rings is 2. The summed E-state index contributed by atoms with van der Waals surface area (Å²) >= 11 is 0. The lowest BCUT2D eigenvalue weighted by atomic mass is 9.94. The zero-order chi connectivity index (χ0) is 14.8. The second kappa shape index (κ2) is 5.54. The third kappa shape index (κ3) is 2.48. The third-order valence-electron chi connectivity index (χ3n) is 3.73. The molecule has 0 saturated heterocycles. The van der Waals surface area contributed by atoms with Gasteiger partial charge < -0.3 is 10.5 Å². The number of aromatic nitrogens is 1. The van der Waals surface area contributed by atoms with Crippen molar-refractivity contribution in [3.05, 3.63) is 71.4 Å². The van der Waals surface area contributed by atoms with Gasteiger partial charge in [-0.05, 0) is 30.7 Å². The zero-order valence-corrected chi connectivity index (χ0v) is 12.2. The first-order chi connectivity index (χ1) is 10.2. The molecule has 0 aliphatic carbocycles. The summed E-state index contributed by atoms with van der Waals surface area (Å²) in [6, 6.07) is 15.9. The van der Waals surface area contributed by atoms with E-state index in [0.29, 0.717) is 0 Å². The molecule has 0 spiro atoms. The van der Waals surface area contributed by atoms with Crippen molar-refractivity contribution >= 4 is 10.9 Å². The van der Waals surface area contributed by atoms with Gasteiger partial charge in [0.05, 0.1) is 18.7 Å². The number of nitrogens with two attached hydrogens (primary N) is 1. The number of aryl methyl sites for hydroxylation is 1. The van der Waals surface area contributed by atoms with E-state index in [1.165, 1.54) is 5.56 Å². The molecular weight excluding hydrogens is 260 g/mol. The average molecular weight is 278 g/mol. The quantitative estimate of drug-likeness (QED) is 0.796. The molecule has 1 unspecified atom stereocenters. The predicted octanol–water partition coefficient (Wildman–Crippen LogP) is 3.60. The SMILES string of the molecule is COc1ccc(C)cc1C(N)c1cccc2ncccc12. The molecule has 0 fully saturated rings. The molecule has 3 aromatic rings. The molecular formula is C18H18N2O. The third-order valence-corrected chi connectivity index (χ3v) is 3.73. The van der Waals surface area contributed by atoms with Gasteiger partial charge in [-0.2, -0.15) is 0 Å². The van der Waals surface area contributed by atoms with Gasteiger partial charge in [-0.3, -0.25) is 4.98 Å². The smallest absolute Gasteiger partial charge is 0.123 e. The van der Waals surface area contributed by atoms with Crippen molar-refractivity contribution in [1.82, 2.24) is 4.98 Å². The number of fused-ring (bicyclic) bond motifs is 1. The van der Waals surface area contributed by atoms with Crippen molar-refractivity contribution in [3.63, 3.8) is 0 Å². The predicted molar refractivity (Wildman–Crippen MR) is 85.5 cm³/mol. The van der Waals surface area contributed by atoms with Gasteiger partial charge in [0.1, 0.15) is 5.75 Å². The van der Waals surface area contributed by atoms with E-state index in [2.05, 4.69) is 30.1 Å². The molecule has 0 aliphatic heterocycles. The summed E-state index contributed by atoms with van der Waals surface area (Å²) < 4.78 is 5.46. The number of pyridine rings is 1. The van der Waals surface area contributed by atoms with Crippen LogP contribution in [-0.4, -0.2) is 12.1 Å². The van der Waals surface area contributed by atoms with Crippen LogP contribution in [0.3, 0.4) is 0 Å². The molecule has 1 heterocycles. The van der Waals surface area contributed by atoms with E-state index < -0.39 is 0 Å². The van der Waals surface area contributed by atoms with Crippen LogP contribution >= 0.6 is 0 Å². The minimum absolute atomic E-state index is 0.243. The number of nitrogens with zero attached hydrogens (tertiary/aromatic N) is 1. The van der Waals surface area contributed by atoms with Gasteiger partial charge in [-0.25, -0.2) is 0 Å². The Hall–Kier alpha value is -2.39. The van der Waals surface area contributed by atoms with Gasteiger partial charge in [0.2, 0.25) is 0 Å². The van der Waals surface area contributed by atoms with E-state index in [-0.39, 0.29) is 6.04 Å². The highest BCUT2D eigenvalue weighted by molar-refractivity contribution is 5.83. The van der Waals surface area contributed by atoms with Crippen LogP contribution in [0, 0.1) is 6.92 Å².